The van der Waals surface area contributed by atoms with Crippen LogP contribution < -0.4 is 10.7 Å². The Labute approximate surface area is 114 Å². The van der Waals surface area contributed by atoms with Crippen LogP contribution in [0.1, 0.15) is 33.1 Å². The molecule has 0 radical (unpaired) electrons. The van der Waals surface area contributed by atoms with Crippen molar-refractivity contribution in [2.24, 2.45) is 11.0 Å². The minimum absolute atomic E-state index is 0.163. The molecule has 0 aromatic rings. The topological polar surface area (TPSA) is 73.8 Å². The van der Waals surface area contributed by atoms with Crippen LogP contribution in [0.2, 0.25) is 0 Å². The van der Waals surface area contributed by atoms with Gasteiger partial charge in [-0.3, -0.25) is 9.59 Å². The fourth-order valence-corrected chi connectivity index (χ4v) is 1.70. The van der Waals surface area contributed by atoms with Crippen LogP contribution in [0.5, 0.6) is 0 Å². The third kappa shape index (κ3) is 6.91. The van der Waals surface area contributed by atoms with Gasteiger partial charge in [0, 0.05) is 38.2 Å². The summed E-state index contributed by atoms with van der Waals surface area (Å²) in [7, 11) is 2.06. The maximum atomic E-state index is 11.5. The van der Waals surface area contributed by atoms with Crippen molar-refractivity contribution >= 4 is 17.5 Å². The fourth-order valence-electron chi connectivity index (χ4n) is 1.70. The zero-order chi connectivity index (χ0) is 14.3. The first kappa shape index (κ1) is 15.6. The largest absolute Gasteiger partial charge is 0.355 e. The molecule has 0 aromatic heterocycles. The molecule has 0 spiro atoms. The summed E-state index contributed by atoms with van der Waals surface area (Å²) in [6, 6.07) is 0. The average molecular weight is 268 g/mol. The average Bonchev–Trinajstić information content (AvgIpc) is 2.36. The highest BCUT2D eigenvalue weighted by atomic mass is 16.2. The van der Waals surface area contributed by atoms with Gasteiger partial charge < -0.3 is 10.2 Å². The number of nitrogens with one attached hydrogen (secondary N) is 2. The van der Waals surface area contributed by atoms with Crippen molar-refractivity contribution in [3.63, 3.8) is 0 Å². The molecular formula is C13H24N4O2. The van der Waals surface area contributed by atoms with Crippen LogP contribution in [0.3, 0.4) is 0 Å². The summed E-state index contributed by atoms with van der Waals surface area (Å²) < 4.78 is 0. The lowest BCUT2D eigenvalue weighted by Crippen LogP contribution is -2.34. The van der Waals surface area contributed by atoms with E-state index in [9.17, 15) is 9.59 Å². The van der Waals surface area contributed by atoms with E-state index in [0.717, 1.165) is 31.6 Å². The molecule has 1 aliphatic rings. The highest BCUT2D eigenvalue weighted by Crippen LogP contribution is 2.04. The van der Waals surface area contributed by atoms with Gasteiger partial charge in [-0.05, 0) is 13.0 Å². The Hall–Kier alpha value is -1.43. The minimum atomic E-state index is -0.354. The molecule has 6 nitrogen and oxygen atoms in total. The Balaban J connectivity index is 2.24. The van der Waals surface area contributed by atoms with Crippen molar-refractivity contribution in [2.75, 3.05) is 26.7 Å². The van der Waals surface area contributed by atoms with Gasteiger partial charge in [-0.15, -0.1) is 0 Å². The van der Waals surface area contributed by atoms with Crippen LogP contribution in [-0.4, -0.2) is 49.1 Å². The molecule has 0 aliphatic carbocycles. The molecule has 1 heterocycles. The SMILES string of the molecule is CC(C)CNC(=O)CC(=O)NN=C1CCN(C)CC1. The van der Waals surface area contributed by atoms with Crippen molar-refractivity contribution in [1.29, 1.82) is 0 Å². The predicted octanol–water partition coefficient (Wildman–Crippen LogP) is 0.347. The molecule has 108 valence electrons. The van der Waals surface area contributed by atoms with E-state index in [2.05, 4.69) is 27.8 Å². The number of piperidine rings is 1. The number of carbonyl (C=O) groups is 2. The zero-order valence-corrected chi connectivity index (χ0v) is 12.0. The van der Waals surface area contributed by atoms with Crippen molar-refractivity contribution in [3.8, 4) is 0 Å². The van der Waals surface area contributed by atoms with Gasteiger partial charge in [0.15, 0.2) is 0 Å². The number of likely N-dealkylation sites (tertiary alicyclic amines) is 1. The third-order valence-corrected chi connectivity index (χ3v) is 2.93. The van der Waals surface area contributed by atoms with Crippen LogP contribution in [0.25, 0.3) is 0 Å². The van der Waals surface area contributed by atoms with E-state index in [-0.39, 0.29) is 18.2 Å². The molecule has 19 heavy (non-hydrogen) atoms. The molecular weight excluding hydrogens is 244 g/mol. The maximum Gasteiger partial charge on any atom is 0.249 e. The van der Waals surface area contributed by atoms with Crippen LogP contribution in [0.15, 0.2) is 5.10 Å². The molecule has 0 unspecified atom stereocenters. The number of hydrogen-bond acceptors (Lipinski definition) is 4. The standard InChI is InChI=1S/C13H24N4O2/c1-10(2)9-14-12(18)8-13(19)16-15-11-4-6-17(3)7-5-11/h10H,4-9H2,1-3H3,(H,14,18)(H,16,19). The molecule has 0 saturated carbocycles. The summed E-state index contributed by atoms with van der Waals surface area (Å²) in [5.41, 5.74) is 3.45. The first-order valence-corrected chi connectivity index (χ1v) is 6.77. The Morgan fingerprint density at radius 3 is 2.47 bits per heavy atom. The summed E-state index contributed by atoms with van der Waals surface area (Å²) >= 11 is 0. The van der Waals surface area contributed by atoms with E-state index in [0.29, 0.717) is 12.5 Å². The van der Waals surface area contributed by atoms with Crippen LogP contribution in [0, 0.1) is 5.92 Å². The second-order valence-electron chi connectivity index (χ2n) is 5.39. The minimum Gasteiger partial charge on any atom is -0.355 e. The highest BCUT2D eigenvalue weighted by molar-refractivity contribution is 5.97. The number of amides is 2. The van der Waals surface area contributed by atoms with E-state index >= 15 is 0 Å². The van der Waals surface area contributed by atoms with Crippen LogP contribution in [-0.2, 0) is 9.59 Å². The molecule has 2 N–H and O–H groups in total. The summed E-state index contributed by atoms with van der Waals surface area (Å²) in [5, 5.41) is 6.78. The smallest absolute Gasteiger partial charge is 0.249 e. The second kappa shape index (κ2) is 7.89. The zero-order valence-electron chi connectivity index (χ0n) is 12.0. The van der Waals surface area contributed by atoms with Gasteiger partial charge >= 0.3 is 0 Å². The molecule has 1 rings (SSSR count). The lowest BCUT2D eigenvalue weighted by molar-refractivity contribution is -0.129. The summed E-state index contributed by atoms with van der Waals surface area (Å²) in [5.74, 6) is -0.228. The van der Waals surface area contributed by atoms with E-state index < -0.39 is 0 Å². The van der Waals surface area contributed by atoms with Crippen LogP contribution in [0.4, 0.5) is 0 Å². The monoisotopic (exact) mass is 268 g/mol. The van der Waals surface area contributed by atoms with Gasteiger partial charge in [0.2, 0.25) is 11.8 Å². The number of carbonyl (C=O) groups excluding carboxylic acids is 2. The fraction of sp³-hybridized carbons (Fsp3) is 0.769. The lowest BCUT2D eigenvalue weighted by Gasteiger charge is -2.22. The molecule has 6 heteroatoms. The number of hydrogen-bond donors (Lipinski definition) is 2. The van der Waals surface area contributed by atoms with Crippen LogP contribution >= 0.6 is 0 Å². The first-order chi connectivity index (χ1) is 8.97. The van der Waals surface area contributed by atoms with E-state index in [1.165, 1.54) is 0 Å². The van der Waals surface area contributed by atoms with Crippen molar-refractivity contribution in [3.05, 3.63) is 0 Å². The van der Waals surface area contributed by atoms with Gasteiger partial charge in [-0.25, -0.2) is 5.43 Å². The molecule has 0 atom stereocenters. The molecule has 1 aliphatic heterocycles. The highest BCUT2D eigenvalue weighted by Gasteiger charge is 2.12. The Bertz CT molecular complexity index is 343. The number of rotatable bonds is 5. The van der Waals surface area contributed by atoms with E-state index in [1.54, 1.807) is 0 Å². The van der Waals surface area contributed by atoms with Gasteiger partial charge in [0.05, 0.1) is 0 Å². The van der Waals surface area contributed by atoms with Crippen molar-refractivity contribution in [2.45, 2.75) is 33.1 Å². The number of hydrazone groups is 1. The number of nitrogens with zero attached hydrogens (tertiary/aromatic N) is 2. The quantitative estimate of drug-likeness (QED) is 0.558. The maximum absolute atomic E-state index is 11.5. The van der Waals surface area contributed by atoms with Gasteiger partial charge in [0.1, 0.15) is 6.42 Å². The van der Waals surface area contributed by atoms with E-state index in [1.807, 2.05) is 13.8 Å². The van der Waals surface area contributed by atoms with Crippen molar-refractivity contribution in [1.82, 2.24) is 15.6 Å². The normalized spacial score (nSPS) is 16.3. The third-order valence-electron chi connectivity index (χ3n) is 2.93. The summed E-state index contributed by atoms with van der Waals surface area (Å²) in [6.07, 6.45) is 1.58. The summed E-state index contributed by atoms with van der Waals surface area (Å²) in [6.45, 7) is 6.53. The van der Waals surface area contributed by atoms with Crippen molar-refractivity contribution < 1.29 is 9.59 Å². The Morgan fingerprint density at radius 2 is 1.89 bits per heavy atom. The molecule has 1 saturated heterocycles. The summed E-state index contributed by atoms with van der Waals surface area (Å²) in [4.78, 5) is 25.2. The second-order valence-corrected chi connectivity index (χ2v) is 5.39. The van der Waals surface area contributed by atoms with E-state index in [4.69, 9.17) is 0 Å². The molecule has 0 aromatic carbocycles. The Morgan fingerprint density at radius 1 is 1.26 bits per heavy atom. The predicted molar refractivity (Wildman–Crippen MR) is 74.8 cm³/mol. The molecule has 0 bridgehead atoms. The first-order valence-electron chi connectivity index (χ1n) is 6.77. The Kier molecular flexibility index (Phi) is 6.49. The van der Waals surface area contributed by atoms with Gasteiger partial charge in [-0.1, -0.05) is 13.8 Å². The molecule has 2 amide bonds. The molecule has 1 fully saturated rings. The lowest BCUT2D eigenvalue weighted by atomic mass is 10.1. The van der Waals surface area contributed by atoms with Gasteiger partial charge in [0.25, 0.3) is 0 Å². The van der Waals surface area contributed by atoms with Gasteiger partial charge in [-0.2, -0.15) is 5.10 Å².